The molecular formula is C18H28N2O2S. The standard InChI is InChI=1S/C18H28N2O2S/c1-14(13-23-2)19-16-8-10-17(11-9-16)20-18(21)22-12-15-6-4-3-5-7-15/h3-7,14,16-17,19H,8-13H2,1-2H3,(H,20,21)/t14-,16?,17?/m1/s1. The van der Waals surface area contributed by atoms with E-state index in [1.54, 1.807) is 0 Å². The minimum absolute atomic E-state index is 0.243. The van der Waals surface area contributed by atoms with Crippen LogP contribution in [0.15, 0.2) is 30.3 Å². The molecule has 5 heteroatoms. The summed E-state index contributed by atoms with van der Waals surface area (Å²) in [6.45, 7) is 2.57. The lowest BCUT2D eigenvalue weighted by Crippen LogP contribution is -2.45. The quantitative estimate of drug-likeness (QED) is 0.799. The van der Waals surface area contributed by atoms with Crippen LogP contribution in [0.5, 0.6) is 0 Å². The Bertz CT molecular complexity index is 461. The number of hydrogen-bond acceptors (Lipinski definition) is 4. The molecule has 0 radical (unpaired) electrons. The number of benzene rings is 1. The van der Waals surface area contributed by atoms with Crippen molar-refractivity contribution < 1.29 is 9.53 Å². The third-order valence-corrected chi connectivity index (χ3v) is 5.03. The predicted molar refractivity (Wildman–Crippen MR) is 96.8 cm³/mol. The number of thioether (sulfide) groups is 1. The summed E-state index contributed by atoms with van der Waals surface area (Å²) < 4.78 is 5.29. The molecule has 1 atom stereocenters. The lowest BCUT2D eigenvalue weighted by atomic mass is 9.91. The zero-order valence-electron chi connectivity index (χ0n) is 14.1. The summed E-state index contributed by atoms with van der Waals surface area (Å²) in [6.07, 6.45) is 6.10. The molecule has 1 aliphatic rings. The van der Waals surface area contributed by atoms with E-state index in [2.05, 4.69) is 23.8 Å². The van der Waals surface area contributed by atoms with Gasteiger partial charge in [0, 0.05) is 23.9 Å². The Morgan fingerprint density at radius 1 is 1.22 bits per heavy atom. The number of amides is 1. The minimum atomic E-state index is -0.305. The van der Waals surface area contributed by atoms with E-state index >= 15 is 0 Å². The first-order valence-corrected chi connectivity index (χ1v) is 9.79. The molecule has 1 aromatic carbocycles. The fourth-order valence-electron chi connectivity index (χ4n) is 3.04. The van der Waals surface area contributed by atoms with Gasteiger partial charge in [-0.05, 0) is 44.4 Å². The van der Waals surface area contributed by atoms with E-state index in [9.17, 15) is 4.79 Å². The highest BCUT2D eigenvalue weighted by Gasteiger charge is 2.23. The third-order valence-electron chi connectivity index (χ3n) is 4.20. The van der Waals surface area contributed by atoms with Crippen molar-refractivity contribution in [2.24, 2.45) is 0 Å². The lowest BCUT2D eigenvalue weighted by molar-refractivity contribution is 0.131. The van der Waals surface area contributed by atoms with Gasteiger partial charge in [-0.15, -0.1) is 0 Å². The topological polar surface area (TPSA) is 50.4 Å². The molecule has 1 aliphatic carbocycles. The highest BCUT2D eigenvalue weighted by Crippen LogP contribution is 2.19. The summed E-state index contributed by atoms with van der Waals surface area (Å²) in [5, 5.41) is 6.67. The molecule has 0 heterocycles. The number of hydrogen-bond donors (Lipinski definition) is 2. The molecule has 128 valence electrons. The monoisotopic (exact) mass is 336 g/mol. The number of carbonyl (C=O) groups is 1. The lowest BCUT2D eigenvalue weighted by Gasteiger charge is -2.31. The Kier molecular flexibility index (Phi) is 7.76. The van der Waals surface area contributed by atoms with Crippen molar-refractivity contribution in [1.29, 1.82) is 0 Å². The van der Waals surface area contributed by atoms with E-state index in [0.29, 0.717) is 18.7 Å². The van der Waals surface area contributed by atoms with Crippen LogP contribution >= 0.6 is 11.8 Å². The van der Waals surface area contributed by atoms with Gasteiger partial charge in [0.25, 0.3) is 0 Å². The van der Waals surface area contributed by atoms with Gasteiger partial charge in [-0.2, -0.15) is 11.8 Å². The molecule has 23 heavy (non-hydrogen) atoms. The van der Waals surface area contributed by atoms with Crippen LogP contribution in [0.2, 0.25) is 0 Å². The molecule has 0 bridgehead atoms. The van der Waals surface area contributed by atoms with Gasteiger partial charge in [0.2, 0.25) is 0 Å². The second kappa shape index (κ2) is 9.83. The van der Waals surface area contributed by atoms with E-state index < -0.39 is 0 Å². The number of rotatable bonds is 7. The van der Waals surface area contributed by atoms with Crippen molar-refractivity contribution in [1.82, 2.24) is 10.6 Å². The van der Waals surface area contributed by atoms with Crippen LogP contribution in [0.4, 0.5) is 4.79 Å². The smallest absolute Gasteiger partial charge is 0.407 e. The molecular weight excluding hydrogens is 308 g/mol. The van der Waals surface area contributed by atoms with E-state index in [0.717, 1.165) is 37.0 Å². The summed E-state index contributed by atoms with van der Waals surface area (Å²) in [4.78, 5) is 11.9. The van der Waals surface area contributed by atoms with Crippen molar-refractivity contribution in [3.05, 3.63) is 35.9 Å². The number of ether oxygens (including phenoxy) is 1. The minimum Gasteiger partial charge on any atom is -0.445 e. The predicted octanol–water partition coefficient (Wildman–Crippen LogP) is 3.57. The average molecular weight is 337 g/mol. The Balaban J connectivity index is 1.63. The molecule has 2 rings (SSSR count). The highest BCUT2D eigenvalue weighted by molar-refractivity contribution is 7.98. The van der Waals surface area contributed by atoms with Crippen molar-refractivity contribution in [2.75, 3.05) is 12.0 Å². The fraction of sp³-hybridized carbons (Fsp3) is 0.611. The van der Waals surface area contributed by atoms with Crippen molar-refractivity contribution in [3.63, 3.8) is 0 Å². The molecule has 1 amide bonds. The Hall–Kier alpha value is -1.20. The molecule has 2 N–H and O–H groups in total. The van der Waals surface area contributed by atoms with Crippen LogP contribution in [0.3, 0.4) is 0 Å². The zero-order valence-corrected chi connectivity index (χ0v) is 14.9. The van der Waals surface area contributed by atoms with Gasteiger partial charge >= 0.3 is 6.09 Å². The van der Waals surface area contributed by atoms with E-state index in [1.165, 1.54) is 0 Å². The van der Waals surface area contributed by atoms with Gasteiger partial charge in [-0.3, -0.25) is 0 Å². The van der Waals surface area contributed by atoms with Crippen molar-refractivity contribution in [2.45, 2.75) is 57.3 Å². The van der Waals surface area contributed by atoms with E-state index in [-0.39, 0.29) is 12.1 Å². The van der Waals surface area contributed by atoms with Crippen LogP contribution in [0, 0.1) is 0 Å². The first kappa shape index (κ1) is 18.1. The first-order chi connectivity index (χ1) is 11.2. The Morgan fingerprint density at radius 3 is 2.52 bits per heavy atom. The molecule has 4 nitrogen and oxygen atoms in total. The second-order valence-electron chi connectivity index (χ2n) is 6.28. The molecule has 1 aromatic rings. The number of carbonyl (C=O) groups excluding carboxylic acids is 1. The summed E-state index contributed by atoms with van der Waals surface area (Å²) in [5.41, 5.74) is 1.01. The van der Waals surface area contributed by atoms with Gasteiger partial charge in [0.05, 0.1) is 0 Å². The first-order valence-electron chi connectivity index (χ1n) is 8.39. The van der Waals surface area contributed by atoms with Gasteiger partial charge in [0.15, 0.2) is 0 Å². The molecule has 1 saturated carbocycles. The van der Waals surface area contributed by atoms with Gasteiger partial charge in [-0.25, -0.2) is 4.79 Å². The van der Waals surface area contributed by atoms with Crippen molar-refractivity contribution >= 4 is 17.9 Å². The number of alkyl carbamates (subject to hydrolysis) is 1. The SMILES string of the molecule is CSC[C@@H](C)NC1CCC(NC(=O)OCc2ccccc2)CC1. The summed E-state index contributed by atoms with van der Waals surface area (Å²) >= 11 is 1.87. The maximum Gasteiger partial charge on any atom is 0.407 e. The van der Waals surface area contributed by atoms with E-state index in [4.69, 9.17) is 4.74 Å². The molecule has 0 aromatic heterocycles. The zero-order chi connectivity index (χ0) is 16.5. The Labute approximate surface area is 143 Å². The molecule has 0 aliphatic heterocycles. The van der Waals surface area contributed by atoms with E-state index in [1.807, 2.05) is 42.1 Å². The summed E-state index contributed by atoms with van der Waals surface area (Å²) in [7, 11) is 0. The second-order valence-corrected chi connectivity index (χ2v) is 7.19. The molecule has 1 fully saturated rings. The van der Waals surface area contributed by atoms with Crippen LogP contribution in [-0.4, -0.2) is 36.2 Å². The number of nitrogens with one attached hydrogen (secondary N) is 2. The van der Waals surface area contributed by atoms with Gasteiger partial charge in [-0.1, -0.05) is 30.3 Å². The average Bonchev–Trinajstić information content (AvgIpc) is 2.56. The van der Waals surface area contributed by atoms with Crippen LogP contribution in [-0.2, 0) is 11.3 Å². The molecule has 0 saturated heterocycles. The normalized spacial score (nSPS) is 22.3. The molecule has 0 unspecified atom stereocenters. The fourth-order valence-corrected chi connectivity index (χ4v) is 3.63. The van der Waals surface area contributed by atoms with Crippen LogP contribution < -0.4 is 10.6 Å². The molecule has 0 spiro atoms. The van der Waals surface area contributed by atoms with Gasteiger partial charge < -0.3 is 15.4 Å². The maximum atomic E-state index is 11.9. The largest absolute Gasteiger partial charge is 0.445 e. The maximum absolute atomic E-state index is 11.9. The van der Waals surface area contributed by atoms with Gasteiger partial charge in [0.1, 0.15) is 6.61 Å². The summed E-state index contributed by atoms with van der Waals surface area (Å²) in [6, 6.07) is 11.1. The highest BCUT2D eigenvalue weighted by atomic mass is 32.2. The Morgan fingerprint density at radius 2 is 1.87 bits per heavy atom. The third kappa shape index (κ3) is 6.83. The van der Waals surface area contributed by atoms with Crippen LogP contribution in [0.25, 0.3) is 0 Å². The van der Waals surface area contributed by atoms with Crippen LogP contribution in [0.1, 0.15) is 38.2 Å². The summed E-state index contributed by atoms with van der Waals surface area (Å²) in [5.74, 6) is 1.14. The van der Waals surface area contributed by atoms with Crippen molar-refractivity contribution in [3.8, 4) is 0 Å².